The van der Waals surface area contributed by atoms with Gasteiger partial charge in [-0.15, -0.1) is 11.3 Å². The summed E-state index contributed by atoms with van der Waals surface area (Å²) in [5.74, 6) is 0.127. The smallest absolute Gasteiger partial charge is 0.220 e. The Balaban J connectivity index is 2.23. The van der Waals surface area contributed by atoms with Gasteiger partial charge in [-0.05, 0) is 12.8 Å². The number of carbonyl (C=O) groups is 1. The van der Waals surface area contributed by atoms with Gasteiger partial charge in [0.1, 0.15) is 5.01 Å². The minimum Gasteiger partial charge on any atom is -0.329 e. The van der Waals surface area contributed by atoms with Crippen LogP contribution in [0, 0.1) is 0 Å². The maximum atomic E-state index is 11.5. The maximum absolute atomic E-state index is 11.5. The first-order valence-corrected chi connectivity index (χ1v) is 6.40. The largest absolute Gasteiger partial charge is 0.329 e. The fourth-order valence-corrected chi connectivity index (χ4v) is 2.87. The molecule has 1 atom stereocenters. The monoisotopic (exact) mass is 236 g/mol. The Morgan fingerprint density at radius 1 is 1.62 bits per heavy atom. The van der Waals surface area contributed by atoms with E-state index in [-0.39, 0.29) is 11.9 Å². The number of aryl methyl sites for hydroxylation is 1. The van der Waals surface area contributed by atoms with Gasteiger partial charge < -0.3 is 4.90 Å². The van der Waals surface area contributed by atoms with E-state index in [1.807, 2.05) is 17.2 Å². The van der Waals surface area contributed by atoms with Gasteiger partial charge in [-0.25, -0.2) is 4.98 Å². The number of aromatic nitrogens is 1. The van der Waals surface area contributed by atoms with Crippen LogP contribution in [-0.4, -0.2) is 22.3 Å². The fourth-order valence-electron chi connectivity index (χ4n) is 1.89. The first kappa shape index (κ1) is 11.3. The van der Waals surface area contributed by atoms with Crippen molar-refractivity contribution in [2.45, 2.75) is 32.7 Å². The Kier molecular flexibility index (Phi) is 3.39. The summed E-state index contributed by atoms with van der Waals surface area (Å²) in [7, 11) is 0. The average Bonchev–Trinajstić information content (AvgIpc) is 2.77. The molecule has 0 spiro atoms. The lowest BCUT2D eigenvalue weighted by molar-refractivity contribution is -0.130. The molecule has 0 aliphatic carbocycles. The van der Waals surface area contributed by atoms with Crippen molar-refractivity contribution in [3.05, 3.63) is 28.2 Å². The third-order valence-electron chi connectivity index (χ3n) is 2.81. The number of hydrogen-bond acceptors (Lipinski definition) is 3. The SMILES string of the molecule is CCc1cnc(C2CC=CCN2C(C)=O)s1. The van der Waals surface area contributed by atoms with Crippen LogP contribution in [0.4, 0.5) is 0 Å². The van der Waals surface area contributed by atoms with E-state index in [9.17, 15) is 4.79 Å². The van der Waals surface area contributed by atoms with Gasteiger partial charge in [-0.3, -0.25) is 4.79 Å². The summed E-state index contributed by atoms with van der Waals surface area (Å²) in [6.45, 7) is 4.46. The van der Waals surface area contributed by atoms with Crippen molar-refractivity contribution in [1.82, 2.24) is 9.88 Å². The summed E-state index contributed by atoms with van der Waals surface area (Å²) in [4.78, 5) is 19.1. The highest BCUT2D eigenvalue weighted by molar-refractivity contribution is 7.11. The zero-order valence-electron chi connectivity index (χ0n) is 9.64. The van der Waals surface area contributed by atoms with Gasteiger partial charge in [-0.2, -0.15) is 0 Å². The molecule has 1 amide bonds. The van der Waals surface area contributed by atoms with Gasteiger partial charge in [0, 0.05) is 24.5 Å². The number of hydrogen-bond donors (Lipinski definition) is 0. The average molecular weight is 236 g/mol. The standard InChI is InChI=1S/C12H16N2OS/c1-3-10-8-13-12(16-10)11-6-4-5-7-14(11)9(2)15/h4-5,8,11H,3,6-7H2,1-2H3. The molecule has 1 aromatic heterocycles. The third kappa shape index (κ3) is 2.16. The molecule has 0 aromatic carbocycles. The predicted octanol–water partition coefficient (Wildman–Crippen LogP) is 2.56. The van der Waals surface area contributed by atoms with Crippen molar-refractivity contribution in [2.75, 3.05) is 6.54 Å². The van der Waals surface area contributed by atoms with E-state index in [1.165, 1.54) is 4.88 Å². The molecule has 1 aliphatic heterocycles. The van der Waals surface area contributed by atoms with Crippen molar-refractivity contribution in [1.29, 1.82) is 0 Å². The molecule has 4 heteroatoms. The van der Waals surface area contributed by atoms with E-state index < -0.39 is 0 Å². The number of carbonyl (C=O) groups excluding carboxylic acids is 1. The molecule has 1 unspecified atom stereocenters. The molecule has 0 saturated heterocycles. The number of rotatable bonds is 2. The Morgan fingerprint density at radius 2 is 2.44 bits per heavy atom. The van der Waals surface area contributed by atoms with Crippen LogP contribution in [-0.2, 0) is 11.2 Å². The summed E-state index contributed by atoms with van der Waals surface area (Å²) in [5.41, 5.74) is 0. The minimum absolute atomic E-state index is 0.127. The molecule has 86 valence electrons. The lowest BCUT2D eigenvalue weighted by atomic mass is 10.1. The maximum Gasteiger partial charge on any atom is 0.220 e. The summed E-state index contributed by atoms with van der Waals surface area (Å²) in [5, 5.41) is 1.07. The van der Waals surface area contributed by atoms with Gasteiger partial charge in [0.25, 0.3) is 0 Å². The molecule has 16 heavy (non-hydrogen) atoms. The highest BCUT2D eigenvalue weighted by Gasteiger charge is 2.25. The third-order valence-corrected chi connectivity index (χ3v) is 4.06. The molecule has 0 bridgehead atoms. The highest BCUT2D eigenvalue weighted by atomic mass is 32.1. The van der Waals surface area contributed by atoms with E-state index in [0.717, 1.165) is 17.8 Å². The van der Waals surface area contributed by atoms with E-state index in [0.29, 0.717) is 6.54 Å². The van der Waals surface area contributed by atoms with Crippen LogP contribution in [0.5, 0.6) is 0 Å². The molecule has 0 N–H and O–H groups in total. The van der Waals surface area contributed by atoms with Crippen LogP contribution in [0.3, 0.4) is 0 Å². The molecule has 2 heterocycles. The lowest BCUT2D eigenvalue weighted by Gasteiger charge is -2.30. The molecular formula is C12H16N2OS. The van der Waals surface area contributed by atoms with Crippen LogP contribution in [0.25, 0.3) is 0 Å². The first-order valence-electron chi connectivity index (χ1n) is 5.59. The Hall–Kier alpha value is -1.16. The van der Waals surface area contributed by atoms with Crippen LogP contribution in [0.1, 0.15) is 36.2 Å². The van der Waals surface area contributed by atoms with Gasteiger partial charge in [0.2, 0.25) is 5.91 Å². The van der Waals surface area contributed by atoms with Gasteiger partial charge >= 0.3 is 0 Å². The van der Waals surface area contributed by atoms with Crippen LogP contribution >= 0.6 is 11.3 Å². The Bertz CT molecular complexity index is 411. The molecule has 3 nitrogen and oxygen atoms in total. The van der Waals surface area contributed by atoms with E-state index >= 15 is 0 Å². The van der Waals surface area contributed by atoms with Crippen LogP contribution in [0.15, 0.2) is 18.3 Å². The summed E-state index contributed by atoms with van der Waals surface area (Å²) in [6, 6.07) is 0.146. The minimum atomic E-state index is 0.127. The quantitative estimate of drug-likeness (QED) is 0.739. The van der Waals surface area contributed by atoms with Gasteiger partial charge in [0.15, 0.2) is 0 Å². The highest BCUT2D eigenvalue weighted by Crippen LogP contribution is 2.30. The van der Waals surface area contributed by atoms with Crippen molar-refractivity contribution in [3.63, 3.8) is 0 Å². The normalized spacial score (nSPS) is 20.1. The second kappa shape index (κ2) is 4.78. The predicted molar refractivity (Wildman–Crippen MR) is 65.4 cm³/mol. The summed E-state index contributed by atoms with van der Waals surface area (Å²) in [6.07, 6.45) is 8.01. The second-order valence-electron chi connectivity index (χ2n) is 3.91. The summed E-state index contributed by atoms with van der Waals surface area (Å²) >= 11 is 1.72. The lowest BCUT2D eigenvalue weighted by Crippen LogP contribution is -2.34. The van der Waals surface area contributed by atoms with E-state index in [2.05, 4.69) is 18.0 Å². The van der Waals surface area contributed by atoms with Crippen molar-refractivity contribution in [3.8, 4) is 0 Å². The van der Waals surface area contributed by atoms with Crippen molar-refractivity contribution in [2.24, 2.45) is 0 Å². The number of amides is 1. The first-order chi connectivity index (χ1) is 7.72. The van der Waals surface area contributed by atoms with Gasteiger partial charge in [-0.1, -0.05) is 19.1 Å². The van der Waals surface area contributed by atoms with E-state index in [4.69, 9.17) is 0 Å². The van der Waals surface area contributed by atoms with Crippen LogP contribution < -0.4 is 0 Å². The molecule has 0 saturated carbocycles. The molecule has 1 aliphatic rings. The summed E-state index contributed by atoms with van der Waals surface area (Å²) < 4.78 is 0. The second-order valence-corrected chi connectivity index (χ2v) is 5.06. The van der Waals surface area contributed by atoms with Crippen molar-refractivity contribution >= 4 is 17.2 Å². The molecular weight excluding hydrogens is 220 g/mol. The molecule has 1 aromatic rings. The topological polar surface area (TPSA) is 33.2 Å². The Labute approximate surface area is 99.8 Å². The molecule has 0 fully saturated rings. The van der Waals surface area contributed by atoms with E-state index in [1.54, 1.807) is 18.3 Å². The van der Waals surface area contributed by atoms with Crippen LogP contribution in [0.2, 0.25) is 0 Å². The number of nitrogens with zero attached hydrogens (tertiary/aromatic N) is 2. The molecule has 0 radical (unpaired) electrons. The zero-order chi connectivity index (χ0) is 11.5. The van der Waals surface area contributed by atoms with Crippen molar-refractivity contribution < 1.29 is 4.79 Å². The molecule has 2 rings (SSSR count). The Morgan fingerprint density at radius 3 is 3.06 bits per heavy atom. The zero-order valence-corrected chi connectivity index (χ0v) is 10.5. The number of thiazole rings is 1. The fraction of sp³-hybridized carbons (Fsp3) is 0.500. The van der Waals surface area contributed by atoms with Gasteiger partial charge in [0.05, 0.1) is 6.04 Å².